The molecule has 0 fully saturated rings. The lowest BCUT2D eigenvalue weighted by Gasteiger charge is -2.26. The summed E-state index contributed by atoms with van der Waals surface area (Å²) in [5.41, 5.74) is 2.59. The number of rotatable bonds is 3. The van der Waals surface area contributed by atoms with Gasteiger partial charge in [0.2, 0.25) is 5.91 Å². The molecule has 0 radical (unpaired) electrons. The summed E-state index contributed by atoms with van der Waals surface area (Å²) in [7, 11) is 1.71. The molecule has 2 aliphatic rings. The number of ether oxygens (including phenoxy) is 1. The number of likely N-dealkylation sites (N-methyl/N-ethyl adjacent to an activating group) is 1. The number of benzene rings is 1. The number of hydrogen-bond acceptors (Lipinski definition) is 3. The summed E-state index contributed by atoms with van der Waals surface area (Å²) in [5.74, 6) is 0.553. The lowest BCUT2D eigenvalue weighted by molar-refractivity contribution is -0.121. The van der Waals surface area contributed by atoms with Gasteiger partial charge in [-0.15, -0.1) is 0 Å². The zero-order chi connectivity index (χ0) is 15.5. The Balaban J connectivity index is 1.69. The van der Waals surface area contributed by atoms with Crippen LogP contribution in [0.2, 0.25) is 0 Å². The molecule has 1 aliphatic heterocycles. The molecule has 5 nitrogen and oxygen atoms in total. The van der Waals surface area contributed by atoms with Crippen molar-refractivity contribution in [1.29, 1.82) is 0 Å². The molecular weight excluding hydrogens is 280 g/mol. The molecule has 116 valence electrons. The number of allylic oxidation sites excluding steroid dienone is 1. The van der Waals surface area contributed by atoms with Gasteiger partial charge in [0.05, 0.1) is 5.69 Å². The minimum Gasteiger partial charge on any atom is -0.482 e. The topological polar surface area (TPSA) is 58.6 Å². The molecule has 0 atom stereocenters. The number of nitrogens with one attached hydrogen (secondary N) is 1. The first-order valence-electron chi connectivity index (χ1n) is 7.64. The predicted molar refractivity (Wildman–Crippen MR) is 85.1 cm³/mol. The molecular formula is C17H20N2O3. The zero-order valence-corrected chi connectivity index (χ0v) is 12.7. The van der Waals surface area contributed by atoms with Crippen LogP contribution >= 0.6 is 0 Å². The van der Waals surface area contributed by atoms with Crippen LogP contribution in [0, 0.1) is 0 Å². The van der Waals surface area contributed by atoms with Crippen molar-refractivity contribution >= 4 is 23.2 Å². The molecule has 22 heavy (non-hydrogen) atoms. The molecule has 1 heterocycles. The summed E-state index contributed by atoms with van der Waals surface area (Å²) < 4.78 is 5.37. The molecule has 3 rings (SSSR count). The molecule has 0 unspecified atom stereocenters. The van der Waals surface area contributed by atoms with Gasteiger partial charge in [-0.1, -0.05) is 11.6 Å². The molecule has 5 heteroatoms. The average molecular weight is 300 g/mol. The van der Waals surface area contributed by atoms with E-state index >= 15 is 0 Å². The highest BCUT2D eigenvalue weighted by Gasteiger charge is 2.22. The second-order valence-electron chi connectivity index (χ2n) is 5.76. The van der Waals surface area contributed by atoms with Crippen LogP contribution in [0.15, 0.2) is 29.8 Å². The third-order valence-electron chi connectivity index (χ3n) is 4.10. The maximum absolute atomic E-state index is 12.1. The van der Waals surface area contributed by atoms with Gasteiger partial charge in [0.25, 0.3) is 5.91 Å². The van der Waals surface area contributed by atoms with E-state index in [0.717, 1.165) is 12.8 Å². The lowest BCUT2D eigenvalue weighted by Crippen LogP contribution is -2.35. The fourth-order valence-electron chi connectivity index (χ4n) is 2.83. The van der Waals surface area contributed by atoms with Crippen molar-refractivity contribution in [1.82, 2.24) is 0 Å². The fraction of sp³-hybridized carbons (Fsp3) is 0.412. The summed E-state index contributed by atoms with van der Waals surface area (Å²) in [6.45, 7) is 0.0589. The molecule has 0 bridgehead atoms. The number of carbonyl (C=O) groups excluding carboxylic acids is 2. The van der Waals surface area contributed by atoms with E-state index in [9.17, 15) is 9.59 Å². The van der Waals surface area contributed by atoms with Crippen LogP contribution in [0.4, 0.5) is 11.4 Å². The van der Waals surface area contributed by atoms with Crippen LogP contribution in [-0.2, 0) is 9.59 Å². The van der Waals surface area contributed by atoms with Crippen molar-refractivity contribution in [3.05, 3.63) is 29.8 Å². The standard InChI is InChI=1S/C17H20N2O3/c1-19-14-10-13(7-8-15(14)22-11-17(19)21)18-16(20)9-12-5-3-2-4-6-12/h5,7-8,10H,2-4,6,9,11H2,1H3,(H,18,20). The largest absolute Gasteiger partial charge is 0.482 e. The van der Waals surface area contributed by atoms with Gasteiger partial charge in [-0.3, -0.25) is 9.59 Å². The number of anilines is 2. The quantitative estimate of drug-likeness (QED) is 0.873. The smallest absolute Gasteiger partial charge is 0.264 e. The van der Waals surface area contributed by atoms with Crippen molar-refractivity contribution < 1.29 is 14.3 Å². The van der Waals surface area contributed by atoms with Crippen LogP contribution in [0.1, 0.15) is 32.1 Å². The van der Waals surface area contributed by atoms with Gasteiger partial charge in [0.15, 0.2) is 6.61 Å². The predicted octanol–water partition coefficient (Wildman–Crippen LogP) is 2.87. The van der Waals surface area contributed by atoms with E-state index in [0.29, 0.717) is 23.5 Å². The van der Waals surface area contributed by atoms with Gasteiger partial charge in [-0.05, 0) is 43.9 Å². The Morgan fingerprint density at radius 2 is 2.23 bits per heavy atom. The minimum atomic E-state index is -0.0941. The van der Waals surface area contributed by atoms with E-state index in [1.807, 2.05) is 0 Å². The van der Waals surface area contributed by atoms with E-state index in [-0.39, 0.29) is 18.4 Å². The summed E-state index contributed by atoms with van der Waals surface area (Å²) in [5, 5.41) is 2.90. The first kappa shape index (κ1) is 14.6. The minimum absolute atomic E-state index is 0.0150. The molecule has 0 saturated heterocycles. The molecule has 1 N–H and O–H groups in total. The average Bonchev–Trinajstić information content (AvgIpc) is 2.52. The van der Waals surface area contributed by atoms with Crippen molar-refractivity contribution in [2.45, 2.75) is 32.1 Å². The van der Waals surface area contributed by atoms with Gasteiger partial charge < -0.3 is 15.0 Å². The highest BCUT2D eigenvalue weighted by Crippen LogP contribution is 2.33. The summed E-state index contributed by atoms with van der Waals surface area (Å²) in [4.78, 5) is 25.3. The number of amides is 2. The van der Waals surface area contributed by atoms with Crippen LogP contribution in [0.3, 0.4) is 0 Å². The maximum atomic E-state index is 12.1. The Hall–Kier alpha value is -2.30. The molecule has 2 amide bonds. The van der Waals surface area contributed by atoms with E-state index < -0.39 is 0 Å². The fourth-order valence-corrected chi connectivity index (χ4v) is 2.83. The maximum Gasteiger partial charge on any atom is 0.264 e. The van der Waals surface area contributed by atoms with E-state index in [1.165, 1.54) is 18.4 Å². The van der Waals surface area contributed by atoms with Crippen molar-refractivity contribution in [3.63, 3.8) is 0 Å². The van der Waals surface area contributed by atoms with Gasteiger partial charge in [0.1, 0.15) is 5.75 Å². The Bertz CT molecular complexity index is 637. The highest BCUT2D eigenvalue weighted by atomic mass is 16.5. The SMILES string of the molecule is CN1C(=O)COc2ccc(NC(=O)CC3=CCCCC3)cc21. The Labute approximate surface area is 129 Å². The van der Waals surface area contributed by atoms with E-state index in [1.54, 1.807) is 30.1 Å². The lowest BCUT2D eigenvalue weighted by atomic mass is 9.97. The van der Waals surface area contributed by atoms with Crippen molar-refractivity contribution in [2.24, 2.45) is 0 Å². The molecule has 1 aromatic rings. The van der Waals surface area contributed by atoms with Crippen LogP contribution in [-0.4, -0.2) is 25.5 Å². The van der Waals surface area contributed by atoms with E-state index in [2.05, 4.69) is 11.4 Å². The Kier molecular flexibility index (Phi) is 4.13. The van der Waals surface area contributed by atoms with E-state index in [4.69, 9.17) is 4.74 Å². The number of fused-ring (bicyclic) bond motifs is 1. The van der Waals surface area contributed by atoms with Crippen LogP contribution in [0.5, 0.6) is 5.75 Å². The van der Waals surface area contributed by atoms with Gasteiger partial charge >= 0.3 is 0 Å². The first-order chi connectivity index (χ1) is 10.6. The molecule has 1 aliphatic carbocycles. The molecule has 1 aromatic carbocycles. The monoisotopic (exact) mass is 300 g/mol. The third-order valence-corrected chi connectivity index (χ3v) is 4.10. The summed E-state index contributed by atoms with van der Waals surface area (Å²) >= 11 is 0. The zero-order valence-electron chi connectivity index (χ0n) is 12.7. The van der Waals surface area contributed by atoms with Gasteiger partial charge in [-0.25, -0.2) is 0 Å². The van der Waals surface area contributed by atoms with Gasteiger partial charge in [0, 0.05) is 19.2 Å². The number of carbonyl (C=O) groups is 2. The third kappa shape index (κ3) is 3.13. The van der Waals surface area contributed by atoms with Gasteiger partial charge in [-0.2, -0.15) is 0 Å². The van der Waals surface area contributed by atoms with Crippen molar-refractivity contribution in [3.8, 4) is 5.75 Å². The number of nitrogens with zero attached hydrogens (tertiary/aromatic N) is 1. The second-order valence-corrected chi connectivity index (χ2v) is 5.76. The molecule has 0 saturated carbocycles. The van der Waals surface area contributed by atoms with Crippen molar-refractivity contribution in [2.75, 3.05) is 23.9 Å². The highest BCUT2D eigenvalue weighted by molar-refractivity contribution is 5.99. The number of hydrogen-bond donors (Lipinski definition) is 1. The first-order valence-corrected chi connectivity index (χ1v) is 7.64. The Morgan fingerprint density at radius 1 is 1.36 bits per heavy atom. The Morgan fingerprint density at radius 3 is 3.00 bits per heavy atom. The van der Waals surface area contributed by atoms with Crippen LogP contribution < -0.4 is 15.0 Å². The molecule has 0 aromatic heterocycles. The summed E-state index contributed by atoms with van der Waals surface area (Å²) in [6.07, 6.45) is 7.10. The molecule has 0 spiro atoms. The summed E-state index contributed by atoms with van der Waals surface area (Å²) in [6, 6.07) is 5.36. The second kappa shape index (κ2) is 6.22. The normalized spacial score (nSPS) is 17.4. The van der Waals surface area contributed by atoms with Crippen LogP contribution in [0.25, 0.3) is 0 Å².